The summed E-state index contributed by atoms with van der Waals surface area (Å²) in [6, 6.07) is 9.44. The zero-order valence-electron chi connectivity index (χ0n) is 18.0. The monoisotopic (exact) mass is 464 g/mol. The first-order chi connectivity index (χ1) is 15.4. The van der Waals surface area contributed by atoms with Crippen molar-refractivity contribution in [3.63, 3.8) is 0 Å². The number of hydrogen-bond acceptors (Lipinski definition) is 7. The van der Waals surface area contributed by atoms with Gasteiger partial charge in [-0.2, -0.15) is 0 Å². The van der Waals surface area contributed by atoms with Gasteiger partial charge < -0.3 is 29.6 Å². The molecule has 2 aromatic carbocycles. The molecule has 0 aromatic heterocycles. The van der Waals surface area contributed by atoms with Gasteiger partial charge in [0.05, 0.1) is 27.0 Å². The highest BCUT2D eigenvalue weighted by atomic mass is 35.5. The second-order valence-corrected chi connectivity index (χ2v) is 6.92. The van der Waals surface area contributed by atoms with Gasteiger partial charge in [0.2, 0.25) is 0 Å². The normalized spacial score (nSPS) is 10.1. The Hall–Kier alpha value is -3.46. The molecule has 0 saturated carbocycles. The molecule has 32 heavy (non-hydrogen) atoms. The van der Waals surface area contributed by atoms with E-state index in [0.717, 1.165) is 0 Å². The molecule has 0 spiro atoms. The fraction of sp³-hybridized carbons (Fsp3) is 0.318. The van der Waals surface area contributed by atoms with Crippen LogP contribution in [-0.2, 0) is 14.3 Å². The molecule has 2 N–H and O–H groups in total. The van der Waals surface area contributed by atoms with Crippen molar-refractivity contribution in [1.29, 1.82) is 0 Å². The predicted molar refractivity (Wildman–Crippen MR) is 119 cm³/mol. The van der Waals surface area contributed by atoms with Crippen LogP contribution in [0, 0.1) is 0 Å². The van der Waals surface area contributed by atoms with Gasteiger partial charge in [-0.3, -0.25) is 14.4 Å². The fourth-order valence-corrected chi connectivity index (χ4v) is 2.85. The van der Waals surface area contributed by atoms with E-state index in [4.69, 9.17) is 25.8 Å². The fourth-order valence-electron chi connectivity index (χ4n) is 2.67. The molecule has 10 heteroatoms. The lowest BCUT2D eigenvalue weighted by atomic mass is 10.2. The number of methoxy groups -OCH3 is 3. The highest BCUT2D eigenvalue weighted by molar-refractivity contribution is 6.31. The van der Waals surface area contributed by atoms with Gasteiger partial charge in [0.15, 0.2) is 18.1 Å². The van der Waals surface area contributed by atoms with E-state index in [1.54, 1.807) is 24.3 Å². The molecule has 0 fully saturated rings. The molecule has 0 aliphatic carbocycles. The largest absolute Gasteiger partial charge is 0.495 e. The van der Waals surface area contributed by atoms with E-state index in [1.165, 1.54) is 33.5 Å². The highest BCUT2D eigenvalue weighted by Crippen LogP contribution is 2.29. The Kier molecular flexibility index (Phi) is 9.62. The van der Waals surface area contributed by atoms with Crippen molar-refractivity contribution >= 4 is 35.1 Å². The maximum atomic E-state index is 12.3. The molecular weight excluding hydrogens is 440 g/mol. The Labute approximate surface area is 190 Å². The summed E-state index contributed by atoms with van der Waals surface area (Å²) in [6.45, 7) is 0.0206. The van der Waals surface area contributed by atoms with Crippen LogP contribution in [0.5, 0.6) is 17.2 Å². The van der Waals surface area contributed by atoms with Crippen molar-refractivity contribution in [3.05, 3.63) is 47.0 Å². The summed E-state index contributed by atoms with van der Waals surface area (Å²) in [7, 11) is 4.23. The van der Waals surface area contributed by atoms with Crippen LogP contribution in [0.1, 0.15) is 23.2 Å². The first kappa shape index (κ1) is 24.8. The molecule has 0 bridgehead atoms. The molecule has 0 heterocycles. The first-order valence-electron chi connectivity index (χ1n) is 9.67. The van der Waals surface area contributed by atoms with E-state index in [2.05, 4.69) is 15.4 Å². The second kappa shape index (κ2) is 12.4. The van der Waals surface area contributed by atoms with Crippen molar-refractivity contribution in [2.24, 2.45) is 0 Å². The summed E-state index contributed by atoms with van der Waals surface area (Å²) in [5, 5.41) is 5.83. The summed E-state index contributed by atoms with van der Waals surface area (Å²) in [5.41, 5.74) is 0.764. The Morgan fingerprint density at radius 3 is 2.34 bits per heavy atom. The quantitative estimate of drug-likeness (QED) is 0.388. The molecule has 9 nitrogen and oxygen atoms in total. The SMILES string of the molecule is COC(=O)CCCNC(=O)c1ccc(OCC(=O)Nc2cc(Cl)ccc2OC)c(OC)c1. The maximum absolute atomic E-state index is 12.3. The van der Waals surface area contributed by atoms with Gasteiger partial charge in [0.25, 0.3) is 11.8 Å². The minimum atomic E-state index is -0.431. The van der Waals surface area contributed by atoms with Gasteiger partial charge in [-0.1, -0.05) is 11.6 Å². The summed E-state index contributed by atoms with van der Waals surface area (Å²) in [5.74, 6) is -0.0450. The van der Waals surface area contributed by atoms with Crippen molar-refractivity contribution in [2.45, 2.75) is 12.8 Å². The summed E-state index contributed by atoms with van der Waals surface area (Å²) < 4.78 is 20.6. The second-order valence-electron chi connectivity index (χ2n) is 6.48. The third-order valence-corrected chi connectivity index (χ3v) is 4.53. The van der Waals surface area contributed by atoms with Crippen LogP contribution >= 0.6 is 11.6 Å². The average Bonchev–Trinajstić information content (AvgIpc) is 2.80. The number of hydrogen-bond donors (Lipinski definition) is 2. The van der Waals surface area contributed by atoms with Crippen molar-refractivity contribution in [3.8, 4) is 17.2 Å². The van der Waals surface area contributed by atoms with Crippen LogP contribution in [0.4, 0.5) is 5.69 Å². The standard InChI is InChI=1S/C22H25ClN2O7/c1-29-17-9-7-15(23)12-16(17)25-20(26)13-32-18-8-6-14(11-19(18)30-2)22(28)24-10-4-5-21(27)31-3/h6-9,11-12H,4-5,10,13H2,1-3H3,(H,24,28)(H,25,26). The number of ether oxygens (including phenoxy) is 4. The van der Waals surface area contributed by atoms with E-state index in [-0.39, 0.29) is 24.9 Å². The zero-order valence-corrected chi connectivity index (χ0v) is 18.8. The Morgan fingerprint density at radius 1 is 0.938 bits per heavy atom. The van der Waals surface area contributed by atoms with Gasteiger partial charge in [-0.15, -0.1) is 0 Å². The molecular formula is C22H25ClN2O7. The van der Waals surface area contributed by atoms with Crippen LogP contribution in [0.15, 0.2) is 36.4 Å². The van der Waals surface area contributed by atoms with E-state index in [9.17, 15) is 14.4 Å². The summed E-state index contributed by atoms with van der Waals surface area (Å²) in [6.07, 6.45) is 0.680. The Morgan fingerprint density at radius 2 is 1.66 bits per heavy atom. The lowest BCUT2D eigenvalue weighted by Gasteiger charge is -2.13. The van der Waals surface area contributed by atoms with E-state index in [0.29, 0.717) is 46.5 Å². The lowest BCUT2D eigenvalue weighted by molar-refractivity contribution is -0.140. The third kappa shape index (κ3) is 7.35. The topological polar surface area (TPSA) is 112 Å². The molecule has 172 valence electrons. The number of rotatable bonds is 11. The van der Waals surface area contributed by atoms with Gasteiger partial charge in [-0.05, 0) is 42.8 Å². The van der Waals surface area contributed by atoms with Crippen LogP contribution in [-0.4, -0.2) is 52.3 Å². The molecule has 0 aliphatic heterocycles. The van der Waals surface area contributed by atoms with Gasteiger partial charge in [0.1, 0.15) is 5.75 Å². The van der Waals surface area contributed by atoms with Gasteiger partial charge >= 0.3 is 5.97 Å². The van der Waals surface area contributed by atoms with Gasteiger partial charge in [-0.25, -0.2) is 0 Å². The number of nitrogens with one attached hydrogen (secondary N) is 2. The smallest absolute Gasteiger partial charge is 0.305 e. The van der Waals surface area contributed by atoms with Crippen molar-refractivity contribution in [2.75, 3.05) is 39.8 Å². The highest BCUT2D eigenvalue weighted by Gasteiger charge is 2.14. The number of carbonyl (C=O) groups is 3. The summed E-state index contributed by atoms with van der Waals surface area (Å²) in [4.78, 5) is 35.7. The zero-order chi connectivity index (χ0) is 23.5. The number of halogens is 1. The predicted octanol–water partition coefficient (Wildman–Crippen LogP) is 3.06. The Balaban J connectivity index is 1.93. The number of benzene rings is 2. The lowest BCUT2D eigenvalue weighted by Crippen LogP contribution is -2.25. The number of carbonyl (C=O) groups excluding carboxylic acids is 3. The molecule has 2 aromatic rings. The van der Waals surface area contributed by atoms with Crippen LogP contribution in [0.25, 0.3) is 0 Å². The van der Waals surface area contributed by atoms with Gasteiger partial charge in [0, 0.05) is 23.6 Å². The molecule has 0 unspecified atom stereocenters. The minimum absolute atomic E-state index is 0.218. The van der Waals surface area contributed by atoms with E-state index in [1.807, 2.05) is 0 Å². The number of amides is 2. The molecule has 0 atom stereocenters. The van der Waals surface area contributed by atoms with E-state index >= 15 is 0 Å². The average molecular weight is 465 g/mol. The Bertz CT molecular complexity index is 965. The molecule has 0 aliphatic rings. The van der Waals surface area contributed by atoms with Crippen LogP contribution in [0.3, 0.4) is 0 Å². The van der Waals surface area contributed by atoms with Crippen molar-refractivity contribution < 1.29 is 33.3 Å². The summed E-state index contributed by atoms with van der Waals surface area (Å²) >= 11 is 5.96. The van der Waals surface area contributed by atoms with Crippen molar-refractivity contribution in [1.82, 2.24) is 5.32 Å². The number of esters is 1. The number of anilines is 1. The third-order valence-electron chi connectivity index (χ3n) is 4.29. The maximum Gasteiger partial charge on any atom is 0.305 e. The molecule has 2 rings (SSSR count). The molecule has 2 amide bonds. The molecule has 0 saturated heterocycles. The molecule has 0 radical (unpaired) electrons. The van der Waals surface area contributed by atoms with Crippen LogP contribution < -0.4 is 24.8 Å². The first-order valence-corrected chi connectivity index (χ1v) is 10.0. The minimum Gasteiger partial charge on any atom is -0.495 e. The van der Waals surface area contributed by atoms with E-state index < -0.39 is 5.91 Å². The van der Waals surface area contributed by atoms with Crippen LogP contribution in [0.2, 0.25) is 5.02 Å².